The van der Waals surface area contributed by atoms with Crippen LogP contribution in [-0.2, 0) is 0 Å². The molecule has 0 aliphatic carbocycles. The average molecular weight is 1090 g/mol. The Morgan fingerprint density at radius 2 is 0.798 bits per heavy atom. The number of anilines is 15. The van der Waals surface area contributed by atoms with E-state index in [4.69, 9.17) is 4.74 Å². The molecule has 0 N–H and O–H groups in total. The van der Waals surface area contributed by atoms with Crippen molar-refractivity contribution >= 4 is 147 Å². The maximum Gasteiger partial charge on any atom is 0.268 e. The van der Waals surface area contributed by atoms with Gasteiger partial charge in [-0.25, -0.2) is 0 Å². The first kappa shape index (κ1) is 49.4. The zero-order valence-electron chi connectivity index (χ0n) is 46.1. The van der Waals surface area contributed by atoms with Gasteiger partial charge in [-0.3, -0.25) is 0 Å². The van der Waals surface area contributed by atoms with Crippen molar-refractivity contribution in [2.75, 3.05) is 24.5 Å². The number of para-hydroxylation sites is 8. The zero-order chi connectivity index (χ0) is 55.7. The van der Waals surface area contributed by atoms with E-state index in [0.29, 0.717) is 0 Å². The Morgan fingerprint density at radius 1 is 0.345 bits per heavy atom. The van der Waals surface area contributed by atoms with Crippen LogP contribution in [0, 0.1) is 0 Å². The van der Waals surface area contributed by atoms with Crippen molar-refractivity contribution in [3.05, 3.63) is 303 Å². The molecule has 0 saturated carbocycles. The molecule has 1 aromatic heterocycles. The normalized spacial score (nSPS) is 12.6. The van der Waals surface area contributed by atoms with E-state index < -0.39 is 0 Å². The van der Waals surface area contributed by atoms with Crippen LogP contribution >= 0.6 is 11.3 Å². The largest absolute Gasteiger partial charge is 0.458 e. The Labute approximate surface area is 494 Å². The Morgan fingerprint density at radius 3 is 1.37 bits per heavy atom. The van der Waals surface area contributed by atoms with Gasteiger partial charge in [-0.05, 0) is 138 Å². The van der Waals surface area contributed by atoms with Gasteiger partial charge in [-0.2, -0.15) is 0 Å². The van der Waals surface area contributed by atoms with Crippen molar-refractivity contribution in [1.82, 2.24) is 0 Å². The number of benzene rings is 12. The van der Waals surface area contributed by atoms with Crippen LogP contribution in [0.3, 0.4) is 0 Å². The number of fused-ring (bicyclic) bond motifs is 8. The fraction of sp³-hybridized carbons (Fsp3) is 0.0133. The molecule has 0 radical (unpaired) electrons. The number of nitrogens with zero attached hydrogens (tertiary/aromatic N) is 5. The third kappa shape index (κ3) is 8.18. The van der Waals surface area contributed by atoms with Gasteiger partial charge < -0.3 is 29.2 Å². The van der Waals surface area contributed by atoms with Gasteiger partial charge in [0.1, 0.15) is 11.5 Å². The van der Waals surface area contributed by atoms with Crippen LogP contribution in [0.1, 0.15) is 0 Å². The van der Waals surface area contributed by atoms with E-state index in [0.717, 1.165) is 96.4 Å². The third-order valence-electron chi connectivity index (χ3n) is 16.8. The van der Waals surface area contributed by atoms with Crippen molar-refractivity contribution in [2.45, 2.75) is 6.82 Å². The summed E-state index contributed by atoms with van der Waals surface area (Å²) >= 11 is 1.89. The maximum absolute atomic E-state index is 7.66. The summed E-state index contributed by atoms with van der Waals surface area (Å²) in [5.41, 5.74) is 20.9. The monoisotopic (exact) mass is 1090 g/mol. The van der Waals surface area contributed by atoms with Crippen molar-refractivity contribution in [3.8, 4) is 11.5 Å². The van der Waals surface area contributed by atoms with Gasteiger partial charge in [0.15, 0.2) is 0 Å². The molecule has 0 fully saturated rings. The standard InChI is InChI=1S/C75H53B2N5OS/c1-76-63-42-24-25-43-65(63)81(57-37-19-7-20-38-57)67-48-60(78(52-27-9-2-10-28-52)53-29-11-3-12-30-53)47-66(72(67)76)80(56-35-17-6-18-36-56)59-45-46-64-69(50-59)83-70-51-61(79(54-31-13-4-14-32-54)55-33-15-5-16-34-55)49-68-73(70)77(64)75-74(62-41-23-26-44-71(62)84-75)82(68)58-39-21-8-22-40-58/h2-51H,1H3. The van der Waals surface area contributed by atoms with Crippen LogP contribution in [0.15, 0.2) is 303 Å². The minimum Gasteiger partial charge on any atom is -0.458 e. The summed E-state index contributed by atoms with van der Waals surface area (Å²) < 4.78 is 10.2. The van der Waals surface area contributed by atoms with Gasteiger partial charge in [0.25, 0.3) is 6.71 Å². The smallest absolute Gasteiger partial charge is 0.268 e. The van der Waals surface area contributed by atoms with Gasteiger partial charge in [-0.15, -0.1) is 11.3 Å². The quantitative estimate of drug-likeness (QED) is 0.120. The highest BCUT2D eigenvalue weighted by atomic mass is 32.1. The van der Waals surface area contributed by atoms with Crippen LogP contribution < -0.4 is 55.9 Å². The molecule has 6 nitrogen and oxygen atoms in total. The molecule has 0 bridgehead atoms. The second-order valence-corrected chi connectivity index (χ2v) is 22.7. The Hall–Kier alpha value is -10.5. The molecule has 16 rings (SSSR count). The first-order chi connectivity index (χ1) is 41.6. The Balaban J connectivity index is 0.957. The molecule has 13 aromatic rings. The second-order valence-electron chi connectivity index (χ2n) is 21.6. The summed E-state index contributed by atoms with van der Waals surface area (Å²) in [6, 6.07) is 110. The number of rotatable bonds is 11. The lowest BCUT2D eigenvalue weighted by atomic mass is 9.37. The number of hydrogen-bond donors (Lipinski definition) is 0. The summed E-state index contributed by atoms with van der Waals surface area (Å²) in [6.07, 6.45) is 0. The van der Waals surface area contributed by atoms with Gasteiger partial charge in [0.05, 0.1) is 17.1 Å². The molecule has 84 heavy (non-hydrogen) atoms. The van der Waals surface area contributed by atoms with E-state index in [1.54, 1.807) is 0 Å². The molecule has 12 aromatic carbocycles. The van der Waals surface area contributed by atoms with Gasteiger partial charge in [0, 0.05) is 95.2 Å². The number of ether oxygens (including phenoxy) is 1. The van der Waals surface area contributed by atoms with Crippen LogP contribution in [-0.4, -0.2) is 13.4 Å². The summed E-state index contributed by atoms with van der Waals surface area (Å²) in [5.74, 6) is 1.65. The molecule has 396 valence electrons. The van der Waals surface area contributed by atoms with Gasteiger partial charge in [-0.1, -0.05) is 182 Å². The highest BCUT2D eigenvalue weighted by Crippen LogP contribution is 2.51. The van der Waals surface area contributed by atoms with E-state index >= 15 is 0 Å². The zero-order valence-corrected chi connectivity index (χ0v) is 46.9. The number of hydrogen-bond acceptors (Lipinski definition) is 7. The first-order valence-corrected chi connectivity index (χ1v) is 29.6. The minimum atomic E-state index is -0.126. The third-order valence-corrected chi connectivity index (χ3v) is 18.0. The van der Waals surface area contributed by atoms with Gasteiger partial charge in [0.2, 0.25) is 6.71 Å². The van der Waals surface area contributed by atoms with Crippen LogP contribution in [0.4, 0.5) is 85.3 Å². The molecule has 0 saturated heterocycles. The van der Waals surface area contributed by atoms with Crippen LogP contribution in [0.25, 0.3) is 10.1 Å². The SMILES string of the molecule is CB1c2ccccc2N(c2ccccc2)c2cc(N(c3ccccc3)c3ccccc3)cc(N(c3ccccc3)c3ccc4c(c3)Oc3cc(N(c5ccccc5)c5ccccc5)cc5c3B4c3sc4ccccc4c3N5c3ccccc3)c21. The van der Waals surface area contributed by atoms with Crippen molar-refractivity contribution in [1.29, 1.82) is 0 Å². The van der Waals surface area contributed by atoms with E-state index in [2.05, 4.69) is 335 Å². The topological polar surface area (TPSA) is 25.4 Å². The Bertz CT molecular complexity index is 4500. The van der Waals surface area contributed by atoms with E-state index in [-0.39, 0.29) is 13.4 Å². The van der Waals surface area contributed by atoms with E-state index in [1.807, 2.05) is 11.3 Å². The summed E-state index contributed by atoms with van der Waals surface area (Å²) in [6.45, 7) is 2.25. The summed E-state index contributed by atoms with van der Waals surface area (Å²) in [7, 11) is 0. The molecule has 4 heterocycles. The van der Waals surface area contributed by atoms with Crippen molar-refractivity contribution < 1.29 is 4.74 Å². The van der Waals surface area contributed by atoms with E-state index in [9.17, 15) is 0 Å². The molecule has 0 amide bonds. The molecule has 3 aliphatic rings. The molecule has 0 atom stereocenters. The lowest BCUT2D eigenvalue weighted by molar-refractivity contribution is 0.488. The van der Waals surface area contributed by atoms with Gasteiger partial charge >= 0.3 is 0 Å². The maximum atomic E-state index is 7.66. The highest BCUT2D eigenvalue weighted by molar-refractivity contribution is 7.33. The molecule has 3 aliphatic heterocycles. The Kier molecular flexibility index (Phi) is 12.0. The molecular weight excluding hydrogens is 1040 g/mol. The number of thiophene rings is 1. The van der Waals surface area contributed by atoms with Crippen molar-refractivity contribution in [3.63, 3.8) is 0 Å². The second kappa shape index (κ2) is 20.5. The summed E-state index contributed by atoms with van der Waals surface area (Å²) in [4.78, 5) is 12.2. The summed E-state index contributed by atoms with van der Waals surface area (Å²) in [5, 5.41) is 1.23. The lowest BCUT2D eigenvalue weighted by Gasteiger charge is -2.41. The molecule has 0 spiro atoms. The van der Waals surface area contributed by atoms with E-state index in [1.165, 1.54) is 37.2 Å². The predicted molar refractivity (Wildman–Crippen MR) is 357 cm³/mol. The van der Waals surface area contributed by atoms with Crippen LogP contribution in [0.2, 0.25) is 6.82 Å². The predicted octanol–water partition coefficient (Wildman–Crippen LogP) is 17.7. The molecular formula is C75H53B2N5OS. The molecule has 9 heteroatoms. The fourth-order valence-electron chi connectivity index (χ4n) is 13.2. The first-order valence-electron chi connectivity index (χ1n) is 28.8. The fourth-order valence-corrected chi connectivity index (χ4v) is 14.5. The minimum absolute atomic E-state index is 0.00396. The van der Waals surface area contributed by atoms with Crippen molar-refractivity contribution in [2.24, 2.45) is 0 Å². The van der Waals surface area contributed by atoms with Crippen LogP contribution in [0.5, 0.6) is 11.5 Å². The molecule has 0 unspecified atom stereocenters. The lowest BCUT2D eigenvalue weighted by Crippen LogP contribution is -2.58. The average Bonchev–Trinajstić information content (AvgIpc) is 1.35. The highest BCUT2D eigenvalue weighted by Gasteiger charge is 2.45.